The Morgan fingerprint density at radius 3 is 2.32 bits per heavy atom. The van der Waals surface area contributed by atoms with Crippen molar-refractivity contribution in [1.82, 2.24) is 0 Å². The predicted octanol–water partition coefficient (Wildman–Crippen LogP) is 4.48. The summed E-state index contributed by atoms with van der Waals surface area (Å²) >= 11 is 0. The smallest absolute Gasteiger partial charge is 0.315 e. The van der Waals surface area contributed by atoms with Crippen LogP contribution in [-0.2, 0) is 14.9 Å². The molecule has 25 heavy (non-hydrogen) atoms. The van der Waals surface area contributed by atoms with E-state index in [1.165, 1.54) is 44.1 Å². The third-order valence-electron chi connectivity index (χ3n) is 6.47. The van der Waals surface area contributed by atoms with E-state index in [0.717, 1.165) is 29.1 Å². The molecule has 0 radical (unpaired) electrons. The van der Waals surface area contributed by atoms with Crippen molar-refractivity contribution in [1.29, 1.82) is 0 Å². The first-order valence-corrected chi connectivity index (χ1v) is 9.58. The fraction of sp³-hybridized carbons (Fsp3) is 0.636. The number of methoxy groups -OCH3 is 1. The van der Waals surface area contributed by atoms with Crippen LogP contribution < -0.4 is 4.74 Å². The molecule has 134 valence electrons. The largest absolute Gasteiger partial charge is 0.441 e. The minimum atomic E-state index is -0.672. The molecule has 1 aromatic carbocycles. The Bertz CT molecular complexity index is 637. The molecule has 0 saturated heterocycles. The number of rotatable bonds is 6. The summed E-state index contributed by atoms with van der Waals surface area (Å²) < 4.78 is 17.0. The van der Waals surface area contributed by atoms with Crippen LogP contribution in [0.3, 0.4) is 0 Å². The van der Waals surface area contributed by atoms with E-state index in [0.29, 0.717) is 6.61 Å². The molecule has 0 spiro atoms. The lowest BCUT2D eigenvalue weighted by molar-refractivity contribution is -0.231. The second-order valence-corrected chi connectivity index (χ2v) is 8.15. The van der Waals surface area contributed by atoms with Crippen LogP contribution in [0.4, 0.5) is 0 Å². The van der Waals surface area contributed by atoms with Crippen molar-refractivity contribution in [3.05, 3.63) is 29.3 Å². The van der Waals surface area contributed by atoms with Crippen LogP contribution in [0.1, 0.15) is 56.6 Å². The van der Waals surface area contributed by atoms with Gasteiger partial charge in [-0.1, -0.05) is 5.92 Å². The second kappa shape index (κ2) is 6.67. The maximum atomic E-state index is 6.11. The molecule has 4 aliphatic rings. The fourth-order valence-corrected chi connectivity index (χ4v) is 5.97. The first-order chi connectivity index (χ1) is 12.2. The molecule has 1 unspecified atom stereocenters. The quantitative estimate of drug-likeness (QED) is 0.564. The van der Waals surface area contributed by atoms with Crippen LogP contribution in [0.25, 0.3) is 0 Å². The lowest BCUT2D eigenvalue weighted by atomic mass is 9.48. The van der Waals surface area contributed by atoms with Gasteiger partial charge in [0.05, 0.1) is 6.61 Å². The van der Waals surface area contributed by atoms with Crippen molar-refractivity contribution in [2.75, 3.05) is 13.7 Å². The number of hydrogen-bond acceptors (Lipinski definition) is 3. The highest BCUT2D eigenvalue weighted by molar-refractivity contribution is 5.48. The van der Waals surface area contributed by atoms with Crippen LogP contribution in [0.5, 0.6) is 5.75 Å². The third kappa shape index (κ3) is 3.07. The van der Waals surface area contributed by atoms with Gasteiger partial charge in [0.25, 0.3) is 0 Å². The molecule has 4 saturated carbocycles. The zero-order valence-corrected chi connectivity index (χ0v) is 15.3. The summed E-state index contributed by atoms with van der Waals surface area (Å²) in [6.45, 7) is 1.82. The highest BCUT2D eigenvalue weighted by Crippen LogP contribution is 2.62. The van der Waals surface area contributed by atoms with Crippen LogP contribution in [0.15, 0.2) is 18.2 Å². The summed E-state index contributed by atoms with van der Waals surface area (Å²) in [5, 5.41) is 0. The molecular formula is C22H28O3. The Kier molecular flexibility index (Phi) is 4.52. The van der Waals surface area contributed by atoms with E-state index in [-0.39, 0.29) is 5.41 Å². The van der Waals surface area contributed by atoms with E-state index in [4.69, 9.17) is 20.6 Å². The van der Waals surface area contributed by atoms with Crippen molar-refractivity contribution in [3.63, 3.8) is 0 Å². The maximum Gasteiger partial charge on any atom is 0.315 e. The molecule has 4 fully saturated rings. The lowest BCUT2D eigenvalue weighted by Gasteiger charge is -2.57. The molecule has 0 heterocycles. The Hall–Kier alpha value is -1.50. The highest BCUT2D eigenvalue weighted by Gasteiger charge is 2.52. The SMILES string of the molecule is C#Cc1ccc(OC(OC)OCC)c(C23CC4CC(CC(C4)C2)C3)c1. The van der Waals surface area contributed by atoms with Crippen LogP contribution in [-0.4, -0.2) is 20.2 Å². The summed E-state index contributed by atoms with van der Waals surface area (Å²) in [5.41, 5.74) is 2.44. The monoisotopic (exact) mass is 340 g/mol. The number of ether oxygens (including phenoxy) is 3. The van der Waals surface area contributed by atoms with Crippen molar-refractivity contribution in [2.45, 2.75) is 57.3 Å². The summed E-state index contributed by atoms with van der Waals surface area (Å²) in [6, 6.07) is 6.15. The number of hydrogen-bond donors (Lipinski definition) is 0. The average Bonchev–Trinajstić information content (AvgIpc) is 2.60. The minimum Gasteiger partial charge on any atom is -0.441 e. The van der Waals surface area contributed by atoms with Gasteiger partial charge in [-0.25, -0.2) is 0 Å². The van der Waals surface area contributed by atoms with Gasteiger partial charge in [-0.15, -0.1) is 6.42 Å². The molecule has 4 bridgehead atoms. The van der Waals surface area contributed by atoms with Crippen LogP contribution in [0, 0.1) is 30.1 Å². The predicted molar refractivity (Wildman–Crippen MR) is 97.3 cm³/mol. The molecule has 5 rings (SSSR count). The molecule has 1 aromatic rings. The molecule has 0 N–H and O–H groups in total. The summed E-state index contributed by atoms with van der Waals surface area (Å²) in [5.74, 6) is 6.30. The van der Waals surface area contributed by atoms with E-state index in [1.54, 1.807) is 7.11 Å². The summed E-state index contributed by atoms with van der Waals surface area (Å²) in [6.07, 6.45) is 13.8. The highest BCUT2D eigenvalue weighted by atomic mass is 16.8. The van der Waals surface area contributed by atoms with Crippen molar-refractivity contribution in [3.8, 4) is 18.1 Å². The zero-order valence-electron chi connectivity index (χ0n) is 15.3. The second-order valence-electron chi connectivity index (χ2n) is 8.15. The zero-order chi connectivity index (χ0) is 17.4. The normalized spacial score (nSPS) is 33.9. The van der Waals surface area contributed by atoms with Gasteiger partial charge in [0, 0.05) is 18.2 Å². The van der Waals surface area contributed by atoms with Gasteiger partial charge < -0.3 is 14.2 Å². The third-order valence-corrected chi connectivity index (χ3v) is 6.47. The molecule has 0 aromatic heterocycles. The van der Waals surface area contributed by atoms with E-state index in [1.807, 2.05) is 19.1 Å². The van der Waals surface area contributed by atoms with Crippen molar-refractivity contribution in [2.24, 2.45) is 17.8 Å². The summed E-state index contributed by atoms with van der Waals surface area (Å²) in [7, 11) is 1.61. The van der Waals surface area contributed by atoms with Gasteiger partial charge in [-0.05, 0) is 86.8 Å². The Morgan fingerprint density at radius 2 is 1.80 bits per heavy atom. The molecule has 0 aliphatic heterocycles. The van der Waals surface area contributed by atoms with Gasteiger partial charge in [-0.3, -0.25) is 0 Å². The number of terminal acetylenes is 1. The van der Waals surface area contributed by atoms with Gasteiger partial charge in [-0.2, -0.15) is 0 Å². The van der Waals surface area contributed by atoms with Crippen molar-refractivity contribution >= 4 is 0 Å². The Balaban J connectivity index is 1.71. The lowest BCUT2D eigenvalue weighted by Crippen LogP contribution is -2.48. The van der Waals surface area contributed by atoms with E-state index >= 15 is 0 Å². The minimum absolute atomic E-state index is 0.224. The van der Waals surface area contributed by atoms with Gasteiger partial charge in [0.1, 0.15) is 5.75 Å². The number of benzene rings is 1. The van der Waals surface area contributed by atoms with E-state index < -0.39 is 6.48 Å². The molecule has 1 atom stereocenters. The summed E-state index contributed by atoms with van der Waals surface area (Å²) in [4.78, 5) is 0. The molecule has 3 nitrogen and oxygen atoms in total. The molecule has 4 aliphatic carbocycles. The Morgan fingerprint density at radius 1 is 1.16 bits per heavy atom. The fourth-order valence-electron chi connectivity index (χ4n) is 5.97. The van der Waals surface area contributed by atoms with E-state index in [9.17, 15) is 0 Å². The topological polar surface area (TPSA) is 27.7 Å². The van der Waals surface area contributed by atoms with E-state index in [2.05, 4.69) is 12.0 Å². The first-order valence-electron chi connectivity index (χ1n) is 9.58. The van der Waals surface area contributed by atoms with Gasteiger partial charge in [0.15, 0.2) is 0 Å². The van der Waals surface area contributed by atoms with Crippen molar-refractivity contribution < 1.29 is 14.2 Å². The Labute approximate surface area is 151 Å². The first kappa shape index (κ1) is 16.9. The van der Waals surface area contributed by atoms with Crippen LogP contribution >= 0.6 is 0 Å². The van der Waals surface area contributed by atoms with Gasteiger partial charge in [0.2, 0.25) is 0 Å². The maximum absolute atomic E-state index is 6.11. The van der Waals surface area contributed by atoms with Gasteiger partial charge >= 0.3 is 6.48 Å². The standard InChI is InChI=1S/C22H28O3/c1-4-15-6-7-20(25-21(23-3)24-5-2)19(11-15)22-12-16-8-17(13-22)10-18(9-16)14-22/h1,6-7,11,16-18,21H,5,8-10,12-14H2,2-3H3. The molecule has 3 heteroatoms. The van der Waals surface area contributed by atoms with Crippen LogP contribution in [0.2, 0.25) is 0 Å². The molecular weight excluding hydrogens is 312 g/mol. The average molecular weight is 340 g/mol. The molecule has 0 amide bonds.